The third-order valence-corrected chi connectivity index (χ3v) is 5.29. The average molecular weight is 391 g/mol. The summed E-state index contributed by atoms with van der Waals surface area (Å²) in [6, 6.07) is 0. The first kappa shape index (κ1) is 25.1. The zero-order valence-corrected chi connectivity index (χ0v) is 17.4. The fourth-order valence-electron chi connectivity index (χ4n) is 2.64. The van der Waals surface area contributed by atoms with E-state index in [2.05, 4.69) is 23.8 Å². The molecule has 0 fully saturated rings. The molecule has 0 saturated carbocycles. The van der Waals surface area contributed by atoms with Crippen molar-refractivity contribution < 1.29 is 22.5 Å². The molecule has 0 aromatic carbocycles. The summed E-state index contributed by atoms with van der Waals surface area (Å²) in [6.45, 7) is 3.39. The van der Waals surface area contributed by atoms with Gasteiger partial charge in [-0.25, -0.2) is 0 Å². The van der Waals surface area contributed by atoms with Crippen LogP contribution < -0.4 is 0 Å². The highest BCUT2D eigenvalue weighted by Crippen LogP contribution is 2.11. The summed E-state index contributed by atoms with van der Waals surface area (Å²) in [6.07, 6.45) is 20.1. The first-order chi connectivity index (χ1) is 12.4. The molecule has 0 aromatic rings. The van der Waals surface area contributed by atoms with Gasteiger partial charge in [0.2, 0.25) is 5.44 Å². The van der Waals surface area contributed by atoms with E-state index in [-0.39, 0.29) is 6.42 Å². The number of hydrogen-bond donors (Lipinski definition) is 1. The van der Waals surface area contributed by atoms with Crippen molar-refractivity contribution in [3.8, 4) is 0 Å². The second kappa shape index (κ2) is 16.3. The molecular weight excluding hydrogens is 352 g/mol. The van der Waals surface area contributed by atoms with E-state index in [1.54, 1.807) is 0 Å². The molecule has 26 heavy (non-hydrogen) atoms. The normalized spacial score (nSPS) is 13.2. The van der Waals surface area contributed by atoms with Gasteiger partial charge in [-0.05, 0) is 39.0 Å². The number of allylic oxidation sites excluding steroid dienone is 2. The van der Waals surface area contributed by atoms with E-state index in [4.69, 9.17) is 4.55 Å². The third-order valence-electron chi connectivity index (χ3n) is 4.36. The summed E-state index contributed by atoms with van der Waals surface area (Å²) in [4.78, 5) is 11.4. The molecule has 1 N–H and O–H groups in total. The number of carbonyl (C=O) groups excluding carboxylic acids is 1. The Morgan fingerprint density at radius 2 is 1.35 bits per heavy atom. The molecule has 0 aliphatic carbocycles. The Bertz CT molecular complexity index is 471. The second-order valence-corrected chi connectivity index (χ2v) is 8.60. The third kappa shape index (κ3) is 16.6. The van der Waals surface area contributed by atoms with Gasteiger partial charge in [0.1, 0.15) is 0 Å². The van der Waals surface area contributed by atoms with Crippen molar-refractivity contribution in [3.63, 3.8) is 0 Å². The Hall–Kier alpha value is -0.880. The maximum Gasteiger partial charge on any atom is 0.307 e. The summed E-state index contributed by atoms with van der Waals surface area (Å²) in [5.41, 5.74) is -1.49. The molecular formula is C20H38O5S. The van der Waals surface area contributed by atoms with Crippen LogP contribution in [0.5, 0.6) is 0 Å². The van der Waals surface area contributed by atoms with E-state index in [1.165, 1.54) is 44.9 Å². The molecule has 1 unspecified atom stereocenters. The SMILES string of the molecule is CCCCCCCCC=CCCCCCCCC(=O)OC(C)S(=O)(=O)O. The highest BCUT2D eigenvalue weighted by atomic mass is 32.2. The molecule has 0 heterocycles. The molecule has 154 valence electrons. The van der Waals surface area contributed by atoms with Crippen LogP contribution in [0.25, 0.3) is 0 Å². The molecule has 0 amide bonds. The van der Waals surface area contributed by atoms with Crippen LogP contribution in [0.2, 0.25) is 0 Å². The lowest BCUT2D eigenvalue weighted by atomic mass is 10.1. The molecule has 0 rings (SSSR count). The number of ether oxygens (including phenoxy) is 1. The van der Waals surface area contributed by atoms with Crippen LogP contribution in [0, 0.1) is 0 Å². The molecule has 0 saturated heterocycles. The van der Waals surface area contributed by atoms with E-state index in [0.717, 1.165) is 39.0 Å². The number of carbonyl (C=O) groups is 1. The van der Waals surface area contributed by atoms with E-state index in [1.807, 2.05) is 0 Å². The van der Waals surface area contributed by atoms with Gasteiger partial charge in [0.15, 0.2) is 0 Å². The Kier molecular flexibility index (Phi) is 15.8. The summed E-state index contributed by atoms with van der Waals surface area (Å²) in [7, 11) is -4.31. The Morgan fingerprint density at radius 1 is 0.885 bits per heavy atom. The van der Waals surface area contributed by atoms with Crippen molar-refractivity contribution in [3.05, 3.63) is 12.2 Å². The van der Waals surface area contributed by atoms with E-state index in [9.17, 15) is 13.2 Å². The van der Waals surface area contributed by atoms with Crippen molar-refractivity contribution >= 4 is 16.1 Å². The van der Waals surface area contributed by atoms with Crippen LogP contribution in [0.1, 0.15) is 104 Å². The molecule has 0 radical (unpaired) electrons. The number of rotatable bonds is 17. The minimum atomic E-state index is -4.31. The summed E-state index contributed by atoms with van der Waals surface area (Å²) in [5.74, 6) is -0.576. The maximum absolute atomic E-state index is 11.4. The van der Waals surface area contributed by atoms with Gasteiger partial charge in [-0.2, -0.15) is 8.42 Å². The van der Waals surface area contributed by atoms with Crippen molar-refractivity contribution in [1.82, 2.24) is 0 Å². The van der Waals surface area contributed by atoms with Gasteiger partial charge in [0.05, 0.1) is 0 Å². The van der Waals surface area contributed by atoms with Crippen LogP contribution in [0.4, 0.5) is 0 Å². The van der Waals surface area contributed by atoms with Crippen molar-refractivity contribution in [1.29, 1.82) is 0 Å². The van der Waals surface area contributed by atoms with Gasteiger partial charge in [-0.3, -0.25) is 9.35 Å². The highest BCUT2D eigenvalue weighted by molar-refractivity contribution is 7.86. The van der Waals surface area contributed by atoms with Gasteiger partial charge in [-0.1, -0.05) is 70.4 Å². The zero-order chi connectivity index (χ0) is 19.7. The summed E-state index contributed by atoms with van der Waals surface area (Å²) in [5, 5.41) is 0. The van der Waals surface area contributed by atoms with Crippen LogP contribution >= 0.6 is 0 Å². The average Bonchev–Trinajstić information content (AvgIpc) is 2.57. The van der Waals surface area contributed by atoms with Gasteiger partial charge in [0, 0.05) is 6.42 Å². The quantitative estimate of drug-likeness (QED) is 0.147. The molecule has 0 aromatic heterocycles. The molecule has 0 spiro atoms. The van der Waals surface area contributed by atoms with E-state index >= 15 is 0 Å². The van der Waals surface area contributed by atoms with Crippen LogP contribution in [-0.4, -0.2) is 24.4 Å². The summed E-state index contributed by atoms with van der Waals surface area (Å²) >= 11 is 0. The number of unbranched alkanes of at least 4 members (excludes halogenated alkanes) is 11. The Balaban J connectivity index is 3.38. The second-order valence-electron chi connectivity index (χ2n) is 6.91. The molecule has 0 bridgehead atoms. The summed E-state index contributed by atoms with van der Waals surface area (Å²) < 4.78 is 34.9. The Labute approximate surface area is 160 Å². The molecule has 0 aliphatic heterocycles. The van der Waals surface area contributed by atoms with E-state index < -0.39 is 21.5 Å². The topological polar surface area (TPSA) is 80.7 Å². The maximum atomic E-state index is 11.4. The minimum absolute atomic E-state index is 0.192. The van der Waals surface area contributed by atoms with Crippen molar-refractivity contribution in [2.75, 3.05) is 0 Å². The molecule has 0 aliphatic rings. The predicted molar refractivity (Wildman–Crippen MR) is 107 cm³/mol. The first-order valence-corrected chi connectivity index (χ1v) is 11.7. The molecule has 6 heteroatoms. The lowest BCUT2D eigenvalue weighted by Gasteiger charge is -2.09. The van der Waals surface area contributed by atoms with Gasteiger partial charge < -0.3 is 4.74 Å². The van der Waals surface area contributed by atoms with Crippen molar-refractivity contribution in [2.24, 2.45) is 0 Å². The number of esters is 1. The molecule has 5 nitrogen and oxygen atoms in total. The smallest absolute Gasteiger partial charge is 0.307 e. The van der Waals surface area contributed by atoms with Gasteiger partial charge in [-0.15, -0.1) is 0 Å². The first-order valence-electron chi connectivity index (χ1n) is 10.2. The van der Waals surface area contributed by atoms with Gasteiger partial charge >= 0.3 is 16.1 Å². The minimum Gasteiger partial charge on any atom is -0.444 e. The molecule has 1 atom stereocenters. The van der Waals surface area contributed by atoms with Gasteiger partial charge in [0.25, 0.3) is 0 Å². The fourth-order valence-corrected chi connectivity index (χ4v) is 2.87. The van der Waals surface area contributed by atoms with Crippen LogP contribution in [-0.2, 0) is 19.6 Å². The standard InChI is InChI=1S/C20H38O5S/c1-3-4-5-6-7-8-9-10-11-12-13-14-15-16-17-18-20(21)25-19(2)26(22,23)24/h10-11,19H,3-9,12-18H2,1-2H3,(H,22,23,24). The van der Waals surface area contributed by atoms with Crippen LogP contribution in [0.15, 0.2) is 12.2 Å². The van der Waals surface area contributed by atoms with Crippen molar-refractivity contribution in [2.45, 2.75) is 109 Å². The van der Waals surface area contributed by atoms with Crippen LogP contribution in [0.3, 0.4) is 0 Å². The number of hydrogen-bond acceptors (Lipinski definition) is 4. The van der Waals surface area contributed by atoms with E-state index in [0.29, 0.717) is 6.42 Å². The fraction of sp³-hybridized carbons (Fsp3) is 0.850. The highest BCUT2D eigenvalue weighted by Gasteiger charge is 2.21. The predicted octanol–water partition coefficient (Wildman–Crippen LogP) is 5.80. The largest absolute Gasteiger partial charge is 0.444 e. The Morgan fingerprint density at radius 3 is 1.85 bits per heavy atom. The monoisotopic (exact) mass is 390 g/mol. The zero-order valence-electron chi connectivity index (χ0n) is 16.6. The lowest BCUT2D eigenvalue weighted by Crippen LogP contribution is -2.23. The lowest BCUT2D eigenvalue weighted by molar-refractivity contribution is -0.145.